The zero-order valence-electron chi connectivity index (χ0n) is 7.90. The van der Waals surface area contributed by atoms with Gasteiger partial charge < -0.3 is 22.1 Å². The molecular formula is C6H17N2NaO5. The molecule has 1 amide bonds. The minimum absolute atomic E-state index is 0. The van der Waals surface area contributed by atoms with Crippen LogP contribution in [-0.4, -0.2) is 57.6 Å². The number of aliphatic carboxylic acids is 2. The van der Waals surface area contributed by atoms with Crippen LogP contribution in [-0.2, 0) is 14.4 Å². The molecule has 0 atom stereocenters. The number of carbonyl (C=O) groups excluding carboxylic acids is 1. The fourth-order valence-electron chi connectivity index (χ4n) is 0. The zero-order chi connectivity index (χ0) is 10.7. The number of carboxylic acids is 2. The van der Waals surface area contributed by atoms with Gasteiger partial charge in [0, 0.05) is 20.8 Å². The van der Waals surface area contributed by atoms with Crippen molar-refractivity contribution in [1.29, 1.82) is 0 Å². The molecule has 0 aromatic rings. The van der Waals surface area contributed by atoms with Gasteiger partial charge in [-0.05, 0) is 0 Å². The minimum atomic E-state index is -0.833. The molecule has 0 aromatic carbocycles. The third-order valence-electron chi connectivity index (χ3n) is 0. The van der Waals surface area contributed by atoms with E-state index in [4.69, 9.17) is 19.8 Å². The van der Waals surface area contributed by atoms with E-state index in [9.17, 15) is 4.79 Å². The number of amides is 1. The number of hydrogen-bond acceptors (Lipinski definition) is 4. The first-order valence-corrected chi connectivity index (χ1v) is 2.85. The average Bonchev–Trinajstić information content (AvgIpc) is 1.54. The van der Waals surface area contributed by atoms with Crippen LogP contribution >= 0.6 is 0 Å². The second-order valence-electron chi connectivity index (χ2n) is 1.65. The Balaban J connectivity index is -0.0000000270. The third kappa shape index (κ3) is 3080. The Labute approximate surface area is 105 Å². The van der Waals surface area contributed by atoms with Crippen molar-refractivity contribution in [3.8, 4) is 0 Å². The van der Waals surface area contributed by atoms with E-state index >= 15 is 0 Å². The molecular weight excluding hydrogens is 203 g/mol. The summed E-state index contributed by atoms with van der Waals surface area (Å²) in [7, 11) is 0. The van der Waals surface area contributed by atoms with Crippen molar-refractivity contribution in [3.05, 3.63) is 0 Å². The predicted molar refractivity (Wildman–Crippen MR) is 53.7 cm³/mol. The molecule has 0 heterocycles. The van der Waals surface area contributed by atoms with Crippen LogP contribution in [0.3, 0.4) is 0 Å². The van der Waals surface area contributed by atoms with Crippen molar-refractivity contribution in [3.63, 3.8) is 0 Å². The summed E-state index contributed by atoms with van der Waals surface area (Å²) >= 11 is 0. The summed E-state index contributed by atoms with van der Waals surface area (Å²) in [4.78, 5) is 27.2. The molecule has 14 heavy (non-hydrogen) atoms. The first-order valence-electron chi connectivity index (χ1n) is 2.85. The van der Waals surface area contributed by atoms with E-state index in [1.54, 1.807) is 0 Å². The van der Waals surface area contributed by atoms with Crippen LogP contribution in [0.4, 0.5) is 0 Å². The van der Waals surface area contributed by atoms with Crippen molar-refractivity contribution in [2.45, 2.75) is 20.8 Å². The molecule has 0 aliphatic carbocycles. The molecule has 0 bridgehead atoms. The maximum atomic E-state index is 9.22. The van der Waals surface area contributed by atoms with Gasteiger partial charge in [-0.2, -0.15) is 0 Å². The van der Waals surface area contributed by atoms with Gasteiger partial charge in [0.1, 0.15) is 0 Å². The van der Waals surface area contributed by atoms with Gasteiger partial charge in [-0.1, -0.05) is 0 Å². The van der Waals surface area contributed by atoms with E-state index in [0.29, 0.717) is 0 Å². The van der Waals surface area contributed by atoms with Crippen molar-refractivity contribution in [2.24, 2.45) is 5.73 Å². The fourth-order valence-corrected chi connectivity index (χ4v) is 0. The molecule has 7 nitrogen and oxygen atoms in total. The summed E-state index contributed by atoms with van der Waals surface area (Å²) in [6.07, 6.45) is 0. The Morgan fingerprint density at radius 1 is 0.929 bits per heavy atom. The van der Waals surface area contributed by atoms with E-state index in [2.05, 4.69) is 5.73 Å². The molecule has 0 fully saturated rings. The molecule has 0 radical (unpaired) electrons. The monoisotopic (exact) mass is 220 g/mol. The Kier molecular flexibility index (Phi) is 47.6. The maximum absolute atomic E-state index is 9.22. The molecule has 0 unspecified atom stereocenters. The Morgan fingerprint density at radius 3 is 0.929 bits per heavy atom. The van der Waals surface area contributed by atoms with Crippen LogP contribution in [0.2, 0.25) is 0 Å². The molecule has 0 aliphatic rings. The zero-order valence-corrected chi connectivity index (χ0v) is 7.90. The van der Waals surface area contributed by atoms with Crippen molar-refractivity contribution in [1.82, 2.24) is 6.15 Å². The standard InChI is InChI=1S/C2H5NO.2C2H4O2.H3N.Na.H/c3*1-2(3)4;;;/h1H3,(H2,3,4);2*1H3,(H,3,4);1H3;;. The van der Waals surface area contributed by atoms with Crippen molar-refractivity contribution >= 4 is 47.4 Å². The van der Waals surface area contributed by atoms with Crippen LogP contribution in [0.1, 0.15) is 20.8 Å². The number of hydrogen-bond donors (Lipinski definition) is 4. The second-order valence-corrected chi connectivity index (χ2v) is 1.65. The number of carbonyl (C=O) groups is 3. The molecule has 0 saturated carbocycles. The molecule has 8 heteroatoms. The van der Waals surface area contributed by atoms with Crippen molar-refractivity contribution in [2.75, 3.05) is 0 Å². The first kappa shape index (κ1) is 29.2. The molecule has 0 saturated heterocycles. The Morgan fingerprint density at radius 2 is 0.929 bits per heavy atom. The van der Waals surface area contributed by atoms with Crippen LogP contribution in [0, 0.1) is 0 Å². The summed E-state index contributed by atoms with van der Waals surface area (Å²) in [5.41, 5.74) is 4.47. The van der Waals surface area contributed by atoms with Crippen LogP contribution in [0.5, 0.6) is 0 Å². The summed E-state index contributed by atoms with van der Waals surface area (Å²) < 4.78 is 0. The number of carboxylic acid groups (broad SMARTS) is 2. The average molecular weight is 220 g/mol. The van der Waals surface area contributed by atoms with Gasteiger partial charge in [-0.3, -0.25) is 14.4 Å². The van der Waals surface area contributed by atoms with Gasteiger partial charge in [0.05, 0.1) is 0 Å². The summed E-state index contributed by atoms with van der Waals surface area (Å²) in [5.74, 6) is -2.00. The fraction of sp³-hybridized carbons (Fsp3) is 0.500. The van der Waals surface area contributed by atoms with E-state index in [-0.39, 0.29) is 41.6 Å². The normalized spacial score (nSPS) is 5.36. The van der Waals surface area contributed by atoms with Gasteiger partial charge in [0.25, 0.3) is 11.9 Å². The van der Waals surface area contributed by atoms with E-state index in [1.165, 1.54) is 6.92 Å². The summed E-state index contributed by atoms with van der Waals surface area (Å²) in [6.45, 7) is 3.47. The van der Waals surface area contributed by atoms with E-state index < -0.39 is 11.9 Å². The third-order valence-corrected chi connectivity index (χ3v) is 0. The predicted octanol–water partition coefficient (Wildman–Crippen LogP) is -0.813. The van der Waals surface area contributed by atoms with Gasteiger partial charge in [-0.15, -0.1) is 0 Å². The summed E-state index contributed by atoms with van der Waals surface area (Å²) in [6, 6.07) is 0. The number of rotatable bonds is 0. The number of primary amides is 1. The van der Waals surface area contributed by atoms with Crippen LogP contribution in [0.15, 0.2) is 0 Å². The Bertz CT molecular complexity index is 122. The quantitative estimate of drug-likeness (QED) is 0.391. The van der Waals surface area contributed by atoms with E-state index in [1.807, 2.05) is 0 Å². The van der Waals surface area contributed by atoms with Gasteiger partial charge in [0.15, 0.2) is 0 Å². The van der Waals surface area contributed by atoms with Crippen LogP contribution in [0.25, 0.3) is 0 Å². The molecule has 0 spiro atoms. The van der Waals surface area contributed by atoms with E-state index in [0.717, 1.165) is 13.8 Å². The molecule has 82 valence electrons. The van der Waals surface area contributed by atoms with Gasteiger partial charge >= 0.3 is 29.6 Å². The first-order chi connectivity index (χ1) is 5.20. The number of nitrogens with two attached hydrogens (primary N) is 1. The SMILES string of the molecule is CC(=O)O.CC(=O)O.CC(N)=O.N.[NaH]. The molecule has 0 aliphatic heterocycles. The topological polar surface area (TPSA) is 153 Å². The van der Waals surface area contributed by atoms with Gasteiger partial charge in [0.2, 0.25) is 5.91 Å². The van der Waals surface area contributed by atoms with Crippen molar-refractivity contribution < 1.29 is 24.6 Å². The molecule has 0 aromatic heterocycles. The van der Waals surface area contributed by atoms with Crippen LogP contribution < -0.4 is 11.9 Å². The molecule has 0 rings (SSSR count). The second kappa shape index (κ2) is 22.8. The Hall–Kier alpha value is -0.630. The van der Waals surface area contributed by atoms with Gasteiger partial charge in [-0.25, -0.2) is 0 Å². The summed E-state index contributed by atoms with van der Waals surface area (Å²) in [5, 5.41) is 14.8. The molecule has 7 N–H and O–H groups in total.